The first kappa shape index (κ1) is 24.8. The highest BCUT2D eigenvalue weighted by atomic mass is 28.3. The van der Waals surface area contributed by atoms with Gasteiger partial charge in [0.25, 0.3) is 0 Å². The van der Waals surface area contributed by atoms with Gasteiger partial charge in [0, 0.05) is 22.0 Å². The minimum atomic E-state index is -0.118. The van der Waals surface area contributed by atoms with Gasteiger partial charge in [-0.15, -0.1) is 0 Å². The Balaban J connectivity index is 1.29. The zero-order valence-corrected chi connectivity index (χ0v) is 20.0. The van der Waals surface area contributed by atoms with Gasteiger partial charge in [0.1, 0.15) is 0 Å². The van der Waals surface area contributed by atoms with Crippen LogP contribution in [-0.4, -0.2) is 22.0 Å². The van der Waals surface area contributed by atoms with Crippen LogP contribution in [0.15, 0.2) is 60.7 Å². The van der Waals surface area contributed by atoms with Crippen molar-refractivity contribution in [3.05, 3.63) is 71.8 Å². The minimum Gasteiger partial charge on any atom is -0.377 e. The molecule has 2 aromatic carbocycles. The summed E-state index contributed by atoms with van der Waals surface area (Å²) in [4.78, 5) is 0. The average molecular weight is 426 g/mol. The molecule has 0 aliphatic heterocycles. The maximum absolute atomic E-state index is 5.77. The number of hydrogen-bond donors (Lipinski definition) is 0. The van der Waals surface area contributed by atoms with Crippen molar-refractivity contribution in [1.82, 2.24) is 0 Å². The van der Waals surface area contributed by atoms with Crippen molar-refractivity contribution >= 4 is 8.80 Å². The Bertz CT molecular complexity index is 562. The molecule has 3 heteroatoms. The molecule has 0 aliphatic rings. The van der Waals surface area contributed by atoms with E-state index in [1.165, 1.54) is 74.6 Å². The molecule has 0 amide bonds. The highest BCUT2D eigenvalue weighted by molar-refractivity contribution is 6.57. The van der Waals surface area contributed by atoms with Gasteiger partial charge in [-0.1, -0.05) is 118 Å². The fraction of sp³-hybridized carbons (Fsp3) is 0.556. The first-order valence-electron chi connectivity index (χ1n) is 11.9. The third-order valence-corrected chi connectivity index (χ3v) is 7.92. The van der Waals surface area contributed by atoms with E-state index >= 15 is 0 Å². The molecule has 0 N–H and O–H groups in total. The standard InChI is InChI=1S/C27H41O2Si/c1-30(22-14-4-2-12-20-28-24-26-16-8-6-9-17-26)23-15-5-3-13-21-29-25-27-18-10-7-11-19-27/h6-11,16-19H,2-5,12-15,20-25H2,1H3. The quantitative estimate of drug-likeness (QED) is 0.180. The molecule has 2 aromatic rings. The second kappa shape index (κ2) is 17.3. The molecule has 1 radical (unpaired) electrons. The van der Waals surface area contributed by atoms with E-state index in [1.54, 1.807) is 0 Å². The number of unbranched alkanes of at least 4 members (excludes halogenated alkanes) is 6. The Hall–Kier alpha value is -1.42. The summed E-state index contributed by atoms with van der Waals surface area (Å²) < 4.78 is 11.5. The zero-order valence-electron chi connectivity index (χ0n) is 19.0. The summed E-state index contributed by atoms with van der Waals surface area (Å²) in [5.41, 5.74) is 2.55. The van der Waals surface area contributed by atoms with Crippen LogP contribution in [0.25, 0.3) is 0 Å². The Labute approximate surface area is 186 Å². The van der Waals surface area contributed by atoms with Crippen LogP contribution in [0.4, 0.5) is 0 Å². The summed E-state index contributed by atoms with van der Waals surface area (Å²) in [7, 11) is -0.118. The Morgan fingerprint density at radius 3 is 1.37 bits per heavy atom. The van der Waals surface area contributed by atoms with Crippen LogP contribution in [0.2, 0.25) is 18.6 Å². The van der Waals surface area contributed by atoms with Gasteiger partial charge in [0.05, 0.1) is 13.2 Å². The molecular weight excluding hydrogens is 384 g/mol. The van der Waals surface area contributed by atoms with E-state index in [4.69, 9.17) is 9.47 Å². The van der Waals surface area contributed by atoms with Crippen molar-refractivity contribution < 1.29 is 9.47 Å². The molecule has 0 spiro atoms. The second-order valence-corrected chi connectivity index (χ2v) is 11.3. The van der Waals surface area contributed by atoms with E-state index in [0.717, 1.165) is 26.4 Å². The third kappa shape index (κ3) is 13.0. The summed E-state index contributed by atoms with van der Waals surface area (Å²) >= 11 is 0. The summed E-state index contributed by atoms with van der Waals surface area (Å²) in [5, 5.41) is 0. The van der Waals surface area contributed by atoms with Crippen LogP contribution in [0.3, 0.4) is 0 Å². The molecule has 0 fully saturated rings. The maximum atomic E-state index is 5.77. The summed E-state index contributed by atoms with van der Waals surface area (Å²) in [5.74, 6) is 0. The number of benzene rings is 2. The van der Waals surface area contributed by atoms with Crippen molar-refractivity contribution in [2.24, 2.45) is 0 Å². The second-order valence-electron chi connectivity index (χ2n) is 8.36. The molecule has 30 heavy (non-hydrogen) atoms. The monoisotopic (exact) mass is 425 g/mol. The Morgan fingerprint density at radius 2 is 0.933 bits per heavy atom. The van der Waals surface area contributed by atoms with E-state index in [1.807, 2.05) is 0 Å². The first-order valence-corrected chi connectivity index (χ1v) is 14.3. The Kier molecular flexibility index (Phi) is 14.3. The fourth-order valence-electron chi connectivity index (χ4n) is 3.62. The lowest BCUT2D eigenvalue weighted by Crippen LogP contribution is -2.06. The van der Waals surface area contributed by atoms with Crippen molar-refractivity contribution in [2.75, 3.05) is 13.2 Å². The number of hydrogen-bond acceptors (Lipinski definition) is 2. The molecule has 0 saturated carbocycles. The SMILES string of the molecule is C[Si](CCCCCCOCc1ccccc1)CCCCCCOCc1ccccc1. The average Bonchev–Trinajstić information content (AvgIpc) is 2.79. The van der Waals surface area contributed by atoms with Gasteiger partial charge in [-0.25, -0.2) is 0 Å². The summed E-state index contributed by atoms with van der Waals surface area (Å²) in [6, 6.07) is 23.9. The van der Waals surface area contributed by atoms with E-state index < -0.39 is 0 Å². The van der Waals surface area contributed by atoms with E-state index in [-0.39, 0.29) is 8.80 Å². The van der Waals surface area contributed by atoms with Gasteiger partial charge >= 0.3 is 0 Å². The third-order valence-electron chi connectivity index (χ3n) is 5.51. The van der Waals surface area contributed by atoms with Crippen LogP contribution in [0.5, 0.6) is 0 Å². The van der Waals surface area contributed by atoms with E-state index in [9.17, 15) is 0 Å². The number of rotatable bonds is 18. The van der Waals surface area contributed by atoms with Crippen molar-refractivity contribution in [2.45, 2.75) is 83.2 Å². The highest BCUT2D eigenvalue weighted by Gasteiger charge is 2.04. The molecule has 165 valence electrons. The topological polar surface area (TPSA) is 18.5 Å². The molecule has 0 aliphatic carbocycles. The molecule has 0 aromatic heterocycles. The smallest absolute Gasteiger partial charge is 0.0716 e. The van der Waals surface area contributed by atoms with Gasteiger partial charge in [-0.3, -0.25) is 0 Å². The molecule has 0 atom stereocenters. The minimum absolute atomic E-state index is 0.118. The normalized spacial score (nSPS) is 11.3. The van der Waals surface area contributed by atoms with E-state index in [0.29, 0.717) is 0 Å². The van der Waals surface area contributed by atoms with Gasteiger partial charge in [0.2, 0.25) is 0 Å². The van der Waals surface area contributed by atoms with Crippen LogP contribution in [-0.2, 0) is 22.7 Å². The van der Waals surface area contributed by atoms with Crippen LogP contribution < -0.4 is 0 Å². The molecule has 0 saturated heterocycles. The van der Waals surface area contributed by atoms with Gasteiger partial charge in [0.15, 0.2) is 0 Å². The maximum Gasteiger partial charge on any atom is 0.0716 e. The lowest BCUT2D eigenvalue weighted by Gasteiger charge is -2.10. The fourth-order valence-corrected chi connectivity index (χ4v) is 5.58. The van der Waals surface area contributed by atoms with Crippen molar-refractivity contribution in [3.63, 3.8) is 0 Å². The van der Waals surface area contributed by atoms with Gasteiger partial charge in [-0.05, 0) is 24.0 Å². The van der Waals surface area contributed by atoms with Crippen LogP contribution in [0.1, 0.15) is 62.5 Å². The van der Waals surface area contributed by atoms with Crippen molar-refractivity contribution in [3.8, 4) is 0 Å². The van der Waals surface area contributed by atoms with E-state index in [2.05, 4.69) is 67.2 Å². The number of ether oxygens (including phenoxy) is 2. The molecule has 0 heterocycles. The molecule has 2 nitrogen and oxygen atoms in total. The molecule has 2 rings (SSSR count). The predicted octanol–water partition coefficient (Wildman–Crippen LogP) is 7.67. The van der Waals surface area contributed by atoms with Crippen LogP contribution in [0, 0.1) is 0 Å². The summed E-state index contributed by atoms with van der Waals surface area (Å²) in [6.45, 7) is 5.82. The highest BCUT2D eigenvalue weighted by Crippen LogP contribution is 2.14. The lowest BCUT2D eigenvalue weighted by atomic mass is 10.2. The molecule has 0 unspecified atom stereocenters. The first-order chi connectivity index (χ1) is 14.8. The zero-order chi connectivity index (χ0) is 21.1. The van der Waals surface area contributed by atoms with Crippen LogP contribution >= 0.6 is 0 Å². The molecule has 0 bridgehead atoms. The lowest BCUT2D eigenvalue weighted by molar-refractivity contribution is 0.117. The van der Waals surface area contributed by atoms with Gasteiger partial charge in [-0.2, -0.15) is 0 Å². The molecular formula is C27H41O2Si. The van der Waals surface area contributed by atoms with Gasteiger partial charge < -0.3 is 9.47 Å². The van der Waals surface area contributed by atoms with Crippen molar-refractivity contribution in [1.29, 1.82) is 0 Å². The Morgan fingerprint density at radius 1 is 0.533 bits per heavy atom. The summed E-state index contributed by atoms with van der Waals surface area (Å²) in [6.07, 6.45) is 10.6. The largest absolute Gasteiger partial charge is 0.377 e. The predicted molar refractivity (Wildman–Crippen MR) is 130 cm³/mol.